The lowest BCUT2D eigenvalue weighted by atomic mass is 10.2. The third-order valence-electron chi connectivity index (χ3n) is 2.74. The second-order valence-corrected chi connectivity index (χ2v) is 3.97. The van der Waals surface area contributed by atoms with Crippen molar-refractivity contribution < 1.29 is 18.8 Å². The van der Waals surface area contributed by atoms with Gasteiger partial charge in [-0.25, -0.2) is 4.79 Å². The van der Waals surface area contributed by atoms with Crippen LogP contribution in [0.25, 0.3) is 0 Å². The van der Waals surface area contributed by atoms with Crippen LogP contribution in [0.4, 0.5) is 0 Å². The highest BCUT2D eigenvalue weighted by atomic mass is 16.5. The van der Waals surface area contributed by atoms with Crippen molar-refractivity contribution in [3.05, 3.63) is 40.7 Å². The maximum atomic E-state index is 10.9. The van der Waals surface area contributed by atoms with E-state index in [-0.39, 0.29) is 5.56 Å². The lowest BCUT2D eigenvalue weighted by Crippen LogP contribution is -2.15. The molecular weight excluding hydrogens is 236 g/mol. The smallest absolute Gasteiger partial charge is 0.339 e. The highest BCUT2D eigenvalue weighted by Crippen LogP contribution is 2.13. The molecule has 0 aromatic carbocycles. The van der Waals surface area contributed by atoms with E-state index in [1.165, 1.54) is 12.3 Å². The Kier molecular flexibility index (Phi) is 3.47. The van der Waals surface area contributed by atoms with Gasteiger partial charge in [0.15, 0.2) is 0 Å². The van der Waals surface area contributed by atoms with Crippen LogP contribution in [0.5, 0.6) is 0 Å². The largest absolute Gasteiger partial charge is 0.478 e. The molecule has 0 aliphatic rings. The Labute approximate surface area is 104 Å². The molecule has 2 N–H and O–H groups in total. The Morgan fingerprint density at radius 2 is 2.22 bits per heavy atom. The number of nitrogens with one attached hydrogen (secondary N) is 1. The van der Waals surface area contributed by atoms with Crippen LogP contribution in [0.15, 0.2) is 21.3 Å². The molecule has 0 amide bonds. The number of carboxylic acids is 1. The van der Waals surface area contributed by atoms with Crippen LogP contribution in [0.2, 0.25) is 0 Å². The van der Waals surface area contributed by atoms with Crippen molar-refractivity contribution in [3.63, 3.8) is 0 Å². The number of nitrogens with zero attached hydrogens (tertiary/aromatic N) is 1. The van der Waals surface area contributed by atoms with E-state index in [1.807, 2.05) is 13.8 Å². The summed E-state index contributed by atoms with van der Waals surface area (Å²) in [6.45, 7) is 4.61. The summed E-state index contributed by atoms with van der Waals surface area (Å²) in [4.78, 5) is 10.9. The summed E-state index contributed by atoms with van der Waals surface area (Å²) < 4.78 is 10.2. The molecule has 0 aliphatic heterocycles. The van der Waals surface area contributed by atoms with Gasteiger partial charge in [0.05, 0.1) is 18.5 Å². The van der Waals surface area contributed by atoms with Gasteiger partial charge in [0.2, 0.25) is 0 Å². The van der Waals surface area contributed by atoms with Crippen LogP contribution in [-0.4, -0.2) is 16.2 Å². The molecule has 0 saturated heterocycles. The van der Waals surface area contributed by atoms with E-state index in [2.05, 4.69) is 10.5 Å². The van der Waals surface area contributed by atoms with Gasteiger partial charge < -0.3 is 19.4 Å². The van der Waals surface area contributed by atoms with E-state index >= 15 is 0 Å². The standard InChI is InChI=1S/C12H14N2O4/c1-7-10(8(2)18-14-7)5-13-6-11-9(12(15)16)3-4-17-11/h3-4,13H,5-6H2,1-2H3,(H,15,16). The van der Waals surface area contributed by atoms with E-state index in [4.69, 9.17) is 14.0 Å². The number of hydrogen-bond donors (Lipinski definition) is 2. The van der Waals surface area contributed by atoms with Gasteiger partial charge >= 0.3 is 5.97 Å². The van der Waals surface area contributed by atoms with Crippen LogP contribution < -0.4 is 5.32 Å². The number of hydrogen-bond acceptors (Lipinski definition) is 5. The highest BCUT2D eigenvalue weighted by Gasteiger charge is 2.13. The van der Waals surface area contributed by atoms with Gasteiger partial charge in [0.1, 0.15) is 17.1 Å². The summed E-state index contributed by atoms with van der Waals surface area (Å²) >= 11 is 0. The van der Waals surface area contributed by atoms with Crippen LogP contribution in [-0.2, 0) is 13.1 Å². The quantitative estimate of drug-likeness (QED) is 0.842. The SMILES string of the molecule is Cc1noc(C)c1CNCc1occc1C(=O)O. The number of carbonyl (C=O) groups is 1. The van der Waals surface area contributed by atoms with Gasteiger partial charge in [0.25, 0.3) is 0 Å². The Morgan fingerprint density at radius 3 is 2.83 bits per heavy atom. The van der Waals surface area contributed by atoms with Crippen molar-refractivity contribution in [1.29, 1.82) is 0 Å². The normalized spacial score (nSPS) is 10.8. The van der Waals surface area contributed by atoms with E-state index in [9.17, 15) is 4.79 Å². The average molecular weight is 250 g/mol. The molecule has 0 atom stereocenters. The Balaban J connectivity index is 1.97. The van der Waals surface area contributed by atoms with Gasteiger partial charge in [-0.05, 0) is 19.9 Å². The van der Waals surface area contributed by atoms with E-state index < -0.39 is 5.97 Å². The first kappa shape index (κ1) is 12.4. The fourth-order valence-electron chi connectivity index (χ4n) is 1.72. The first-order valence-corrected chi connectivity index (χ1v) is 5.51. The number of rotatable bonds is 5. The van der Waals surface area contributed by atoms with Crippen LogP contribution in [0, 0.1) is 13.8 Å². The minimum Gasteiger partial charge on any atom is -0.478 e. The molecule has 0 fully saturated rings. The number of aromatic carboxylic acids is 1. The number of aryl methyl sites for hydroxylation is 2. The molecule has 0 spiro atoms. The van der Waals surface area contributed by atoms with Crippen molar-refractivity contribution in [2.75, 3.05) is 0 Å². The summed E-state index contributed by atoms with van der Waals surface area (Å²) in [6, 6.07) is 1.44. The molecule has 0 radical (unpaired) electrons. The topological polar surface area (TPSA) is 88.5 Å². The third-order valence-corrected chi connectivity index (χ3v) is 2.74. The van der Waals surface area contributed by atoms with Gasteiger partial charge in [-0.1, -0.05) is 5.16 Å². The van der Waals surface area contributed by atoms with Gasteiger partial charge in [-0.15, -0.1) is 0 Å². The van der Waals surface area contributed by atoms with Crippen molar-refractivity contribution >= 4 is 5.97 Å². The molecule has 6 nitrogen and oxygen atoms in total. The highest BCUT2D eigenvalue weighted by molar-refractivity contribution is 5.88. The lowest BCUT2D eigenvalue weighted by molar-refractivity contribution is 0.0694. The summed E-state index contributed by atoms with van der Waals surface area (Å²) in [7, 11) is 0. The molecule has 2 aromatic rings. The van der Waals surface area contributed by atoms with Crippen molar-refractivity contribution in [2.45, 2.75) is 26.9 Å². The maximum Gasteiger partial charge on any atom is 0.339 e. The van der Waals surface area contributed by atoms with Gasteiger partial charge in [-0.2, -0.15) is 0 Å². The predicted molar refractivity (Wildman–Crippen MR) is 62.2 cm³/mol. The minimum atomic E-state index is -0.988. The van der Waals surface area contributed by atoms with E-state index in [0.29, 0.717) is 18.8 Å². The number of carboxylic acid groups (broad SMARTS) is 1. The first-order chi connectivity index (χ1) is 8.59. The molecule has 2 heterocycles. The molecule has 6 heteroatoms. The zero-order valence-electron chi connectivity index (χ0n) is 10.2. The summed E-state index contributed by atoms with van der Waals surface area (Å²) in [5, 5.41) is 15.9. The van der Waals surface area contributed by atoms with Crippen LogP contribution in [0.3, 0.4) is 0 Å². The second kappa shape index (κ2) is 5.05. The molecule has 96 valence electrons. The summed E-state index contributed by atoms with van der Waals surface area (Å²) in [5.41, 5.74) is 2.00. The van der Waals surface area contributed by atoms with Crippen molar-refractivity contribution in [3.8, 4) is 0 Å². The maximum absolute atomic E-state index is 10.9. The minimum absolute atomic E-state index is 0.182. The molecule has 0 aliphatic carbocycles. The van der Waals surface area contributed by atoms with Crippen LogP contribution in [0.1, 0.15) is 33.1 Å². The monoisotopic (exact) mass is 250 g/mol. The zero-order valence-corrected chi connectivity index (χ0v) is 10.2. The van der Waals surface area contributed by atoms with E-state index in [0.717, 1.165) is 17.0 Å². The molecular formula is C12H14N2O4. The van der Waals surface area contributed by atoms with Crippen molar-refractivity contribution in [2.24, 2.45) is 0 Å². The summed E-state index contributed by atoms with van der Waals surface area (Å²) in [6.07, 6.45) is 1.37. The van der Waals surface area contributed by atoms with Crippen molar-refractivity contribution in [1.82, 2.24) is 10.5 Å². The number of aromatic nitrogens is 1. The van der Waals surface area contributed by atoms with Crippen LogP contribution >= 0.6 is 0 Å². The molecule has 0 unspecified atom stereocenters. The third kappa shape index (κ3) is 2.43. The van der Waals surface area contributed by atoms with Gasteiger partial charge in [-0.3, -0.25) is 0 Å². The predicted octanol–water partition coefficient (Wildman–Crippen LogP) is 1.87. The molecule has 2 aromatic heterocycles. The fourth-order valence-corrected chi connectivity index (χ4v) is 1.72. The average Bonchev–Trinajstić information content (AvgIpc) is 2.90. The molecule has 2 rings (SSSR count). The molecule has 18 heavy (non-hydrogen) atoms. The molecule has 0 bridgehead atoms. The lowest BCUT2D eigenvalue weighted by Gasteiger charge is -2.03. The Bertz CT molecular complexity index is 537. The molecule has 0 saturated carbocycles. The summed E-state index contributed by atoms with van der Waals surface area (Å²) in [5.74, 6) is 0.185. The van der Waals surface area contributed by atoms with Gasteiger partial charge in [0, 0.05) is 12.1 Å². The zero-order chi connectivity index (χ0) is 13.1. The van der Waals surface area contributed by atoms with E-state index in [1.54, 1.807) is 0 Å². The number of furan rings is 1. The Morgan fingerprint density at radius 1 is 1.44 bits per heavy atom. The fraction of sp³-hybridized carbons (Fsp3) is 0.333. The Hall–Kier alpha value is -2.08. The second-order valence-electron chi connectivity index (χ2n) is 3.97. The first-order valence-electron chi connectivity index (χ1n) is 5.51.